The van der Waals surface area contributed by atoms with Crippen LogP contribution in [-0.4, -0.2) is 31.4 Å². The van der Waals surface area contributed by atoms with Gasteiger partial charge in [-0.1, -0.05) is 0 Å². The first-order chi connectivity index (χ1) is 8.15. The van der Waals surface area contributed by atoms with E-state index in [0.29, 0.717) is 24.7 Å². The molecule has 0 unspecified atom stereocenters. The fraction of sp³-hybridized carbons (Fsp3) is 0.417. The molecule has 0 radical (unpaired) electrons. The fourth-order valence-corrected chi connectivity index (χ4v) is 1.37. The summed E-state index contributed by atoms with van der Waals surface area (Å²) in [5.74, 6) is -0.687. The van der Waals surface area contributed by atoms with Crippen molar-refractivity contribution in [2.45, 2.75) is 12.8 Å². The summed E-state index contributed by atoms with van der Waals surface area (Å²) >= 11 is 0. The lowest BCUT2D eigenvalue weighted by Crippen LogP contribution is -2.06. The van der Waals surface area contributed by atoms with Gasteiger partial charge in [0, 0.05) is 19.4 Å². The molecule has 0 spiro atoms. The largest absolute Gasteiger partial charge is 0.493 e. The predicted molar refractivity (Wildman–Crippen MR) is 64.4 cm³/mol. The first-order valence-corrected chi connectivity index (χ1v) is 5.39. The molecule has 94 valence electrons. The minimum atomic E-state index is -1.04. The second-order valence-electron chi connectivity index (χ2n) is 3.61. The molecule has 0 saturated heterocycles. The molecule has 0 fully saturated rings. The number of nitrogen functional groups attached to an aromatic ring is 1. The number of hydrogen-bond acceptors (Lipinski definition) is 4. The molecule has 3 N–H and O–H groups in total. The number of nitrogens with two attached hydrogens (primary N) is 1. The summed E-state index contributed by atoms with van der Waals surface area (Å²) in [6, 6.07) is 4.60. The van der Waals surface area contributed by atoms with Crippen LogP contribution in [0.15, 0.2) is 18.2 Å². The average molecular weight is 239 g/mol. The number of rotatable bonds is 7. The molecule has 0 aliphatic carbocycles. The molecule has 0 aliphatic heterocycles. The van der Waals surface area contributed by atoms with Crippen molar-refractivity contribution in [1.82, 2.24) is 0 Å². The van der Waals surface area contributed by atoms with Crippen molar-refractivity contribution >= 4 is 11.7 Å². The van der Waals surface area contributed by atoms with Crippen LogP contribution in [0.3, 0.4) is 0 Å². The van der Waals surface area contributed by atoms with Crippen LogP contribution >= 0.6 is 0 Å². The third kappa shape index (κ3) is 4.32. The lowest BCUT2D eigenvalue weighted by Gasteiger charge is -2.09. The highest BCUT2D eigenvalue weighted by atomic mass is 16.5. The number of ether oxygens (including phenoxy) is 2. The van der Waals surface area contributed by atoms with Crippen molar-refractivity contribution in [2.24, 2.45) is 0 Å². The number of hydrogen-bond donors (Lipinski definition) is 2. The van der Waals surface area contributed by atoms with E-state index in [9.17, 15) is 4.79 Å². The zero-order valence-electron chi connectivity index (χ0n) is 9.81. The van der Waals surface area contributed by atoms with Gasteiger partial charge in [-0.05, 0) is 31.0 Å². The third-order valence-electron chi connectivity index (χ3n) is 2.23. The molecule has 0 aliphatic rings. The highest BCUT2D eigenvalue weighted by molar-refractivity contribution is 5.92. The van der Waals surface area contributed by atoms with Crippen LogP contribution in [0.1, 0.15) is 23.2 Å². The molecule has 5 nitrogen and oxygen atoms in total. The number of carboxylic acids is 1. The second kappa shape index (κ2) is 6.75. The van der Waals surface area contributed by atoms with Crippen LogP contribution in [0.4, 0.5) is 5.69 Å². The highest BCUT2D eigenvalue weighted by Crippen LogP contribution is 2.21. The van der Waals surface area contributed by atoms with Gasteiger partial charge in [0.1, 0.15) is 11.3 Å². The predicted octanol–water partition coefficient (Wildman–Crippen LogP) is 1.77. The van der Waals surface area contributed by atoms with E-state index in [1.165, 1.54) is 6.07 Å². The van der Waals surface area contributed by atoms with Gasteiger partial charge in [-0.15, -0.1) is 0 Å². The zero-order valence-corrected chi connectivity index (χ0v) is 9.81. The zero-order chi connectivity index (χ0) is 12.7. The van der Waals surface area contributed by atoms with Crippen molar-refractivity contribution in [2.75, 3.05) is 26.1 Å². The third-order valence-corrected chi connectivity index (χ3v) is 2.23. The minimum Gasteiger partial charge on any atom is -0.493 e. The van der Waals surface area contributed by atoms with E-state index in [1.54, 1.807) is 19.2 Å². The summed E-state index contributed by atoms with van der Waals surface area (Å²) in [6.07, 6.45) is 1.70. The van der Waals surface area contributed by atoms with Gasteiger partial charge >= 0.3 is 5.97 Å². The highest BCUT2D eigenvalue weighted by Gasteiger charge is 2.11. The van der Waals surface area contributed by atoms with Gasteiger partial charge in [-0.3, -0.25) is 0 Å². The van der Waals surface area contributed by atoms with Crippen LogP contribution in [0.25, 0.3) is 0 Å². The summed E-state index contributed by atoms with van der Waals surface area (Å²) in [5, 5.41) is 8.98. The van der Waals surface area contributed by atoms with Crippen molar-refractivity contribution in [3.8, 4) is 5.75 Å². The van der Waals surface area contributed by atoms with Crippen molar-refractivity contribution in [3.05, 3.63) is 23.8 Å². The second-order valence-corrected chi connectivity index (χ2v) is 3.61. The Balaban J connectivity index is 2.55. The van der Waals surface area contributed by atoms with E-state index in [0.717, 1.165) is 12.8 Å². The van der Waals surface area contributed by atoms with E-state index >= 15 is 0 Å². The molecule has 0 atom stereocenters. The SMILES string of the molecule is COCCCCOc1ccc(N)cc1C(=O)O. The van der Waals surface area contributed by atoms with Crippen molar-refractivity contribution in [1.29, 1.82) is 0 Å². The minimum absolute atomic E-state index is 0.0942. The van der Waals surface area contributed by atoms with Gasteiger partial charge in [-0.25, -0.2) is 4.79 Å². The molecule has 1 aromatic carbocycles. The molecule has 5 heteroatoms. The van der Waals surface area contributed by atoms with Crippen LogP contribution in [-0.2, 0) is 4.74 Å². The first-order valence-electron chi connectivity index (χ1n) is 5.39. The standard InChI is InChI=1S/C12H17NO4/c1-16-6-2-3-7-17-11-5-4-9(13)8-10(11)12(14)15/h4-5,8H,2-3,6-7,13H2,1H3,(H,14,15). The molecular formula is C12H17NO4. The van der Waals surface area contributed by atoms with Crippen LogP contribution in [0.5, 0.6) is 5.75 Å². The molecule has 0 amide bonds. The van der Waals surface area contributed by atoms with Crippen LogP contribution in [0, 0.1) is 0 Å². The lowest BCUT2D eigenvalue weighted by atomic mass is 10.2. The Morgan fingerprint density at radius 2 is 2.06 bits per heavy atom. The molecule has 0 heterocycles. The first kappa shape index (κ1) is 13.3. The van der Waals surface area contributed by atoms with Crippen molar-refractivity contribution < 1.29 is 19.4 Å². The molecule has 0 aromatic heterocycles. The molecule has 17 heavy (non-hydrogen) atoms. The summed E-state index contributed by atoms with van der Waals surface area (Å²) < 4.78 is 10.3. The molecule has 1 aromatic rings. The summed E-state index contributed by atoms with van der Waals surface area (Å²) in [4.78, 5) is 11.0. The Morgan fingerprint density at radius 1 is 1.35 bits per heavy atom. The number of methoxy groups -OCH3 is 1. The smallest absolute Gasteiger partial charge is 0.339 e. The van der Waals surface area contributed by atoms with E-state index in [1.807, 2.05) is 0 Å². The molecule has 1 rings (SSSR count). The van der Waals surface area contributed by atoms with Crippen LogP contribution in [0.2, 0.25) is 0 Å². The van der Waals surface area contributed by atoms with Gasteiger partial charge in [0.25, 0.3) is 0 Å². The molecule has 0 saturated carbocycles. The Bertz CT molecular complexity index is 379. The quantitative estimate of drug-likeness (QED) is 0.559. The number of benzene rings is 1. The molecule has 0 bridgehead atoms. The Morgan fingerprint density at radius 3 is 2.71 bits per heavy atom. The number of unbranched alkanes of at least 4 members (excludes halogenated alkanes) is 1. The summed E-state index contributed by atoms with van der Waals surface area (Å²) in [5.41, 5.74) is 6.03. The van der Waals surface area contributed by atoms with E-state index in [4.69, 9.17) is 20.3 Å². The van der Waals surface area contributed by atoms with Gasteiger partial charge < -0.3 is 20.3 Å². The number of carboxylic acid groups (broad SMARTS) is 1. The van der Waals surface area contributed by atoms with Gasteiger partial charge in [0.05, 0.1) is 6.61 Å². The monoisotopic (exact) mass is 239 g/mol. The maximum Gasteiger partial charge on any atom is 0.339 e. The topological polar surface area (TPSA) is 81.8 Å². The van der Waals surface area contributed by atoms with E-state index in [2.05, 4.69) is 0 Å². The number of aromatic carboxylic acids is 1. The fourth-order valence-electron chi connectivity index (χ4n) is 1.37. The summed E-state index contributed by atoms with van der Waals surface area (Å²) in [6.45, 7) is 1.14. The summed E-state index contributed by atoms with van der Waals surface area (Å²) in [7, 11) is 1.64. The van der Waals surface area contributed by atoms with Gasteiger partial charge in [0.15, 0.2) is 0 Å². The normalized spacial score (nSPS) is 10.2. The Labute approximate surface area is 100 Å². The Hall–Kier alpha value is -1.75. The maximum absolute atomic E-state index is 11.0. The number of carbonyl (C=O) groups is 1. The van der Waals surface area contributed by atoms with Crippen molar-refractivity contribution in [3.63, 3.8) is 0 Å². The lowest BCUT2D eigenvalue weighted by molar-refractivity contribution is 0.0692. The van der Waals surface area contributed by atoms with E-state index < -0.39 is 5.97 Å². The van der Waals surface area contributed by atoms with Crippen LogP contribution < -0.4 is 10.5 Å². The molecular weight excluding hydrogens is 222 g/mol. The van der Waals surface area contributed by atoms with E-state index in [-0.39, 0.29) is 5.56 Å². The van der Waals surface area contributed by atoms with Gasteiger partial charge in [-0.2, -0.15) is 0 Å². The maximum atomic E-state index is 11.0. The number of anilines is 1. The average Bonchev–Trinajstić information content (AvgIpc) is 2.30. The Kier molecular flexibility index (Phi) is 5.29. The van der Waals surface area contributed by atoms with Gasteiger partial charge in [0.2, 0.25) is 0 Å².